The predicted octanol–water partition coefficient (Wildman–Crippen LogP) is -0.130. The van der Waals surface area contributed by atoms with Crippen molar-refractivity contribution in [3.63, 3.8) is 0 Å². The molecule has 0 rings (SSSR count). The Morgan fingerprint density at radius 1 is 1.62 bits per heavy atom. The van der Waals surface area contributed by atoms with Gasteiger partial charge in [0, 0.05) is 0 Å². The normalized spacial score (nSPS) is 4.62. The van der Waals surface area contributed by atoms with Gasteiger partial charge in [0.2, 0.25) is 0 Å². The molecule has 0 aliphatic rings. The summed E-state index contributed by atoms with van der Waals surface area (Å²) in [5, 5.41) is 13.9. The molecule has 2 N–H and O–H groups in total. The van der Waals surface area contributed by atoms with Gasteiger partial charge in [-0.2, -0.15) is 0 Å². The average Bonchev–Trinajstić information content (AvgIpc) is 1.33. The van der Waals surface area contributed by atoms with E-state index in [0.717, 1.165) is 0 Å². The molecular weight excluding hydrogens is 131 g/mol. The first-order valence-electron chi connectivity index (χ1n) is 1.28. The van der Waals surface area contributed by atoms with Gasteiger partial charge in [0.1, 0.15) is 0 Å². The van der Waals surface area contributed by atoms with E-state index >= 15 is 0 Å². The largest absolute Gasteiger partial charge is 0.503 e. The smallest absolute Gasteiger partial charge is 0.450 e. The van der Waals surface area contributed by atoms with Gasteiger partial charge in [0.05, 0.1) is 6.33 Å². The number of carbonyl (C=O) groups is 1. The van der Waals surface area contributed by atoms with Gasteiger partial charge < -0.3 is 10.2 Å². The summed E-state index contributed by atoms with van der Waals surface area (Å²) in [6.45, 7) is 2.69. The Bertz CT molecular complexity index is 61.5. The highest BCUT2D eigenvalue weighted by Crippen LogP contribution is 1.48. The quantitative estimate of drug-likeness (QED) is 0.461. The van der Waals surface area contributed by atoms with Crippen LogP contribution in [-0.4, -0.2) is 27.3 Å². The van der Waals surface area contributed by atoms with E-state index in [1.54, 1.807) is 0 Å². The van der Waals surface area contributed by atoms with Gasteiger partial charge in [-0.15, -0.1) is 0 Å². The highest BCUT2D eigenvalue weighted by Gasteiger charge is 1.70. The second kappa shape index (κ2) is 16.4. The first-order chi connectivity index (χ1) is 3.15. The van der Waals surface area contributed by atoms with Crippen LogP contribution in [0, 0.1) is 0 Å². The molecule has 0 heterocycles. The van der Waals surface area contributed by atoms with Gasteiger partial charge in [-0.3, -0.25) is 0 Å². The molecule has 50 valence electrons. The van der Waals surface area contributed by atoms with Crippen molar-refractivity contribution in [1.82, 2.24) is 0 Å². The molecule has 0 fully saturated rings. The highest BCUT2D eigenvalue weighted by atomic mass is 28.1. The van der Waals surface area contributed by atoms with E-state index < -0.39 is 6.16 Å². The number of hydrogen-bond acceptors (Lipinski definition) is 1. The van der Waals surface area contributed by atoms with Gasteiger partial charge in [-0.1, -0.05) is 6.58 Å². The Labute approximate surface area is 50.5 Å². The van der Waals surface area contributed by atoms with Crippen molar-refractivity contribution in [3.05, 3.63) is 12.9 Å². The minimum absolute atomic E-state index is 0. The van der Waals surface area contributed by atoms with E-state index in [-0.39, 0.29) is 17.3 Å². The molecule has 0 spiro atoms. The minimum atomic E-state index is -1.83. The summed E-state index contributed by atoms with van der Waals surface area (Å²) >= 11 is 0. The van der Waals surface area contributed by atoms with Crippen LogP contribution < -0.4 is 0 Å². The summed E-state index contributed by atoms with van der Waals surface area (Å²) in [5.41, 5.74) is 0. The van der Waals surface area contributed by atoms with Crippen molar-refractivity contribution in [2.24, 2.45) is 0 Å². The third-order valence-corrected chi connectivity index (χ3v) is 0. The molecule has 0 aromatic heterocycles. The summed E-state index contributed by atoms with van der Waals surface area (Å²) in [6, 6.07) is 0. The van der Waals surface area contributed by atoms with E-state index in [4.69, 9.17) is 15.0 Å². The molecule has 0 aromatic rings. The van der Waals surface area contributed by atoms with Gasteiger partial charge in [0.15, 0.2) is 0 Å². The molecule has 0 atom stereocenters. The zero-order chi connectivity index (χ0) is 6.28. The Morgan fingerprint density at radius 2 is 1.62 bits per heavy atom. The second-order valence-corrected chi connectivity index (χ2v) is 0.437. The first-order valence-corrected chi connectivity index (χ1v) is 1.28. The van der Waals surface area contributed by atoms with Crippen molar-refractivity contribution >= 4 is 17.1 Å². The predicted molar refractivity (Wildman–Crippen MR) is 33.3 cm³/mol. The van der Waals surface area contributed by atoms with Gasteiger partial charge >= 0.3 is 6.16 Å². The van der Waals surface area contributed by atoms with Crippen LogP contribution >= 0.6 is 0 Å². The first kappa shape index (κ1) is 15.7. The average molecular weight is 140 g/mol. The van der Waals surface area contributed by atoms with Crippen LogP contribution in [0.5, 0.6) is 0 Å². The molecular formula is C3H9FO3Si. The van der Waals surface area contributed by atoms with E-state index in [0.29, 0.717) is 0 Å². The molecule has 0 bridgehead atoms. The molecule has 8 heavy (non-hydrogen) atoms. The lowest BCUT2D eigenvalue weighted by Gasteiger charge is -1.60. The van der Waals surface area contributed by atoms with Crippen LogP contribution in [0.3, 0.4) is 0 Å². The fraction of sp³-hybridized carbons (Fsp3) is 0. The lowest BCUT2D eigenvalue weighted by atomic mass is 11.2. The third-order valence-electron chi connectivity index (χ3n) is 0. The summed E-state index contributed by atoms with van der Waals surface area (Å²) in [5.74, 6) is 0. The Hall–Kier alpha value is -0.843. The van der Waals surface area contributed by atoms with Crippen LogP contribution in [0.15, 0.2) is 12.9 Å². The van der Waals surface area contributed by atoms with Crippen molar-refractivity contribution < 1.29 is 19.4 Å². The van der Waals surface area contributed by atoms with Crippen LogP contribution in [0.25, 0.3) is 0 Å². The van der Waals surface area contributed by atoms with Crippen LogP contribution in [-0.2, 0) is 0 Å². The molecule has 5 heteroatoms. The molecule has 0 aromatic carbocycles. The maximum Gasteiger partial charge on any atom is 0.503 e. The topological polar surface area (TPSA) is 57.5 Å². The van der Waals surface area contributed by atoms with E-state index in [9.17, 15) is 4.39 Å². The second-order valence-electron chi connectivity index (χ2n) is 0.437. The number of halogens is 1. The highest BCUT2D eigenvalue weighted by molar-refractivity contribution is 5.75. The fourth-order valence-corrected chi connectivity index (χ4v) is 0. The molecule has 0 saturated carbocycles. The summed E-state index contributed by atoms with van der Waals surface area (Å²) in [7, 11) is 0. The molecule has 3 nitrogen and oxygen atoms in total. The molecule has 0 radical (unpaired) electrons. The lowest BCUT2D eigenvalue weighted by Crippen LogP contribution is -1.81. The third kappa shape index (κ3) is 125. The fourth-order valence-electron chi connectivity index (χ4n) is 0. The van der Waals surface area contributed by atoms with Crippen molar-refractivity contribution in [2.75, 3.05) is 0 Å². The van der Waals surface area contributed by atoms with Crippen molar-refractivity contribution in [1.29, 1.82) is 0 Å². The van der Waals surface area contributed by atoms with Crippen LogP contribution in [0.1, 0.15) is 0 Å². The number of rotatable bonds is 0. The van der Waals surface area contributed by atoms with Crippen molar-refractivity contribution in [2.45, 2.75) is 0 Å². The van der Waals surface area contributed by atoms with E-state index in [2.05, 4.69) is 6.58 Å². The monoisotopic (exact) mass is 140 g/mol. The lowest BCUT2D eigenvalue weighted by molar-refractivity contribution is 0.137. The maximum atomic E-state index is 10.1. The molecule has 0 saturated heterocycles. The maximum absolute atomic E-state index is 10.1. The van der Waals surface area contributed by atoms with Gasteiger partial charge in [-0.25, -0.2) is 9.18 Å². The van der Waals surface area contributed by atoms with E-state index in [1.165, 1.54) is 0 Å². The summed E-state index contributed by atoms with van der Waals surface area (Å²) < 4.78 is 10.1. The zero-order valence-electron chi connectivity index (χ0n) is 3.47. The molecule has 0 amide bonds. The summed E-state index contributed by atoms with van der Waals surface area (Å²) in [6.07, 6.45) is -1.58. The molecule has 0 unspecified atom stereocenters. The van der Waals surface area contributed by atoms with Crippen LogP contribution in [0.4, 0.5) is 9.18 Å². The van der Waals surface area contributed by atoms with Gasteiger partial charge in [0.25, 0.3) is 0 Å². The SMILES string of the molecule is C=CF.O=C(O)O.[SiH4]. The standard InChI is InChI=1S/C2H3F.CH2O3.H4Si/c1-2-3;2-1(3)4;/h2H,1H2;(H2,2,3,4);1H4. The van der Waals surface area contributed by atoms with Crippen molar-refractivity contribution in [3.8, 4) is 0 Å². The van der Waals surface area contributed by atoms with Gasteiger partial charge in [-0.05, 0) is 11.0 Å². The Morgan fingerprint density at radius 3 is 1.62 bits per heavy atom. The Balaban J connectivity index is -0.0000000575. The Kier molecular flexibility index (Phi) is 32.2. The zero-order valence-corrected chi connectivity index (χ0v) is 3.47. The van der Waals surface area contributed by atoms with E-state index in [1.807, 2.05) is 0 Å². The number of carboxylic acid groups (broad SMARTS) is 2. The molecule has 0 aliphatic heterocycles. The molecule has 0 aliphatic carbocycles. The summed E-state index contributed by atoms with van der Waals surface area (Å²) in [4.78, 5) is 8.56. The van der Waals surface area contributed by atoms with Crippen LogP contribution in [0.2, 0.25) is 0 Å². The number of hydrogen-bond donors (Lipinski definition) is 2. The minimum Gasteiger partial charge on any atom is -0.450 e.